The van der Waals surface area contributed by atoms with Gasteiger partial charge < -0.3 is 5.11 Å². The SMILES string of the molecule is O=C(O)c1sc(-n2ccc(Cl)n2)cc1CCBr. The van der Waals surface area contributed by atoms with Crippen molar-refractivity contribution in [3.63, 3.8) is 0 Å². The van der Waals surface area contributed by atoms with Gasteiger partial charge >= 0.3 is 5.97 Å². The molecule has 0 atom stereocenters. The fourth-order valence-electron chi connectivity index (χ4n) is 1.42. The second-order valence-corrected chi connectivity index (χ2v) is 5.48. The molecule has 7 heteroatoms. The van der Waals surface area contributed by atoms with Crippen LogP contribution in [-0.4, -0.2) is 26.2 Å². The number of hydrogen-bond acceptors (Lipinski definition) is 3. The predicted molar refractivity (Wildman–Crippen MR) is 70.9 cm³/mol. The van der Waals surface area contributed by atoms with Crippen molar-refractivity contribution in [2.75, 3.05) is 5.33 Å². The molecule has 0 unspecified atom stereocenters. The lowest BCUT2D eigenvalue weighted by Gasteiger charge is -1.93. The number of carboxylic acids is 1. The van der Waals surface area contributed by atoms with E-state index in [9.17, 15) is 4.79 Å². The van der Waals surface area contributed by atoms with Crippen molar-refractivity contribution < 1.29 is 9.90 Å². The molecule has 1 N–H and O–H groups in total. The molecule has 2 aromatic heterocycles. The fraction of sp³-hybridized carbons (Fsp3) is 0.200. The van der Waals surface area contributed by atoms with Crippen molar-refractivity contribution in [3.8, 4) is 5.00 Å². The van der Waals surface area contributed by atoms with E-state index >= 15 is 0 Å². The summed E-state index contributed by atoms with van der Waals surface area (Å²) in [5.41, 5.74) is 0.806. The maximum absolute atomic E-state index is 11.1. The minimum Gasteiger partial charge on any atom is -0.477 e. The van der Waals surface area contributed by atoms with E-state index in [0.717, 1.165) is 15.9 Å². The molecule has 0 fully saturated rings. The highest BCUT2D eigenvalue weighted by molar-refractivity contribution is 9.09. The largest absolute Gasteiger partial charge is 0.477 e. The van der Waals surface area contributed by atoms with Gasteiger partial charge in [0.05, 0.1) is 0 Å². The Hall–Kier alpha value is -0.850. The summed E-state index contributed by atoms with van der Waals surface area (Å²) in [4.78, 5) is 11.4. The highest BCUT2D eigenvalue weighted by Crippen LogP contribution is 2.27. The highest BCUT2D eigenvalue weighted by atomic mass is 79.9. The molecular weight excluding hydrogens is 328 g/mol. The first kappa shape index (κ1) is 12.6. The van der Waals surface area contributed by atoms with Gasteiger partial charge in [-0.1, -0.05) is 27.5 Å². The minimum atomic E-state index is -0.907. The monoisotopic (exact) mass is 334 g/mol. The van der Waals surface area contributed by atoms with Crippen LogP contribution in [-0.2, 0) is 6.42 Å². The van der Waals surface area contributed by atoms with Crippen molar-refractivity contribution in [1.82, 2.24) is 9.78 Å². The van der Waals surface area contributed by atoms with Crippen LogP contribution in [0.25, 0.3) is 5.00 Å². The lowest BCUT2D eigenvalue weighted by Crippen LogP contribution is -1.97. The Morgan fingerprint density at radius 1 is 1.65 bits per heavy atom. The van der Waals surface area contributed by atoms with Crippen molar-refractivity contribution in [3.05, 3.63) is 33.9 Å². The van der Waals surface area contributed by atoms with Crippen LogP contribution in [0.15, 0.2) is 18.3 Å². The van der Waals surface area contributed by atoms with E-state index in [-0.39, 0.29) is 0 Å². The number of aromatic carboxylic acids is 1. The van der Waals surface area contributed by atoms with Gasteiger partial charge in [-0.25, -0.2) is 9.48 Å². The number of nitrogens with zero attached hydrogens (tertiary/aromatic N) is 2. The summed E-state index contributed by atoms with van der Waals surface area (Å²) in [5, 5.41) is 15.0. The number of aromatic nitrogens is 2. The number of rotatable bonds is 4. The van der Waals surface area contributed by atoms with Gasteiger partial charge in [0, 0.05) is 11.5 Å². The number of halogens is 2. The molecule has 0 aliphatic carbocycles. The first-order chi connectivity index (χ1) is 8.11. The van der Waals surface area contributed by atoms with E-state index in [1.54, 1.807) is 16.9 Å². The number of hydrogen-bond donors (Lipinski definition) is 1. The van der Waals surface area contributed by atoms with E-state index in [2.05, 4.69) is 21.0 Å². The van der Waals surface area contributed by atoms with Crippen molar-refractivity contribution in [2.45, 2.75) is 6.42 Å². The molecule has 2 aromatic rings. The molecule has 0 aliphatic heterocycles. The Balaban J connectivity index is 2.43. The third-order valence-corrected chi connectivity index (χ3v) is 3.89. The molecule has 0 bridgehead atoms. The zero-order chi connectivity index (χ0) is 12.4. The molecule has 0 aliphatic rings. The quantitative estimate of drug-likeness (QED) is 0.873. The minimum absolute atomic E-state index is 0.353. The molecule has 0 radical (unpaired) electrons. The lowest BCUT2D eigenvalue weighted by atomic mass is 10.2. The summed E-state index contributed by atoms with van der Waals surface area (Å²) >= 11 is 10.2. The molecule has 17 heavy (non-hydrogen) atoms. The van der Waals surface area contributed by atoms with Crippen LogP contribution >= 0.6 is 38.9 Å². The molecule has 2 rings (SSSR count). The van der Waals surface area contributed by atoms with Gasteiger partial charge in [-0.15, -0.1) is 11.3 Å². The standard InChI is InChI=1S/C10H8BrClN2O2S/c11-3-1-6-5-8(17-9(6)10(15)16)14-4-2-7(12)13-14/h2,4-5H,1,3H2,(H,15,16). The van der Waals surface area contributed by atoms with Gasteiger partial charge in [-0.2, -0.15) is 5.10 Å². The van der Waals surface area contributed by atoms with E-state index in [0.29, 0.717) is 16.5 Å². The molecule has 4 nitrogen and oxygen atoms in total. The average molecular weight is 336 g/mol. The fourth-order valence-corrected chi connectivity index (χ4v) is 2.97. The van der Waals surface area contributed by atoms with Gasteiger partial charge in [0.15, 0.2) is 5.15 Å². The highest BCUT2D eigenvalue weighted by Gasteiger charge is 2.16. The zero-order valence-electron chi connectivity index (χ0n) is 8.56. The third-order valence-electron chi connectivity index (χ3n) is 2.14. The van der Waals surface area contributed by atoms with E-state index in [4.69, 9.17) is 16.7 Å². The Morgan fingerprint density at radius 3 is 2.94 bits per heavy atom. The maximum Gasteiger partial charge on any atom is 0.346 e. The number of thiophene rings is 1. The maximum atomic E-state index is 11.1. The van der Waals surface area contributed by atoms with Crippen LogP contribution in [0, 0.1) is 0 Å². The molecule has 0 spiro atoms. The first-order valence-corrected chi connectivity index (χ1v) is 7.07. The topological polar surface area (TPSA) is 55.1 Å². The van der Waals surface area contributed by atoms with Crippen molar-refractivity contribution >= 4 is 44.8 Å². The van der Waals surface area contributed by atoms with Gasteiger partial charge in [0.25, 0.3) is 0 Å². The van der Waals surface area contributed by atoms with Gasteiger partial charge in [-0.3, -0.25) is 0 Å². The van der Waals surface area contributed by atoms with E-state index < -0.39 is 5.97 Å². The third kappa shape index (κ3) is 2.70. The van der Waals surface area contributed by atoms with Gasteiger partial charge in [-0.05, 0) is 24.1 Å². The van der Waals surface area contributed by atoms with Crippen molar-refractivity contribution in [1.29, 1.82) is 0 Å². The van der Waals surface area contributed by atoms with Crippen LogP contribution in [0.4, 0.5) is 0 Å². The zero-order valence-corrected chi connectivity index (χ0v) is 11.7. The number of aryl methyl sites for hydroxylation is 1. The summed E-state index contributed by atoms with van der Waals surface area (Å²) < 4.78 is 1.58. The lowest BCUT2D eigenvalue weighted by molar-refractivity contribution is 0.0701. The molecule has 90 valence electrons. The summed E-state index contributed by atoms with van der Waals surface area (Å²) in [5.74, 6) is -0.907. The second kappa shape index (κ2) is 5.20. The van der Waals surface area contributed by atoms with E-state index in [1.165, 1.54) is 11.3 Å². The Kier molecular flexibility index (Phi) is 3.86. The molecule has 0 amide bonds. The summed E-state index contributed by atoms with van der Waals surface area (Å²) in [6, 6.07) is 3.49. The van der Waals surface area contributed by atoms with Crippen LogP contribution in [0.1, 0.15) is 15.2 Å². The summed E-state index contributed by atoms with van der Waals surface area (Å²) in [7, 11) is 0. The Labute approximate surface area is 115 Å². The van der Waals surface area contributed by atoms with Crippen LogP contribution in [0.5, 0.6) is 0 Å². The first-order valence-electron chi connectivity index (χ1n) is 4.75. The number of carboxylic acid groups (broad SMARTS) is 1. The molecule has 2 heterocycles. The molecule has 0 aromatic carbocycles. The van der Waals surface area contributed by atoms with Crippen molar-refractivity contribution in [2.24, 2.45) is 0 Å². The normalized spacial score (nSPS) is 10.7. The van der Waals surface area contributed by atoms with Gasteiger partial charge in [0.1, 0.15) is 9.88 Å². The molecule has 0 saturated heterocycles. The number of carbonyl (C=O) groups is 1. The average Bonchev–Trinajstić information content (AvgIpc) is 2.85. The predicted octanol–water partition coefficient (Wildman–Crippen LogP) is 3.22. The van der Waals surface area contributed by atoms with E-state index in [1.807, 2.05) is 6.07 Å². The van der Waals surface area contributed by atoms with Crippen LogP contribution < -0.4 is 0 Å². The molecular formula is C10H8BrClN2O2S. The number of alkyl halides is 1. The summed E-state index contributed by atoms with van der Waals surface area (Å²) in [6.07, 6.45) is 2.38. The van der Waals surface area contributed by atoms with Crippen LogP contribution in [0.2, 0.25) is 5.15 Å². The van der Waals surface area contributed by atoms with Crippen LogP contribution in [0.3, 0.4) is 0 Å². The Bertz CT molecular complexity index is 552. The molecule has 0 saturated carbocycles. The summed E-state index contributed by atoms with van der Waals surface area (Å²) in [6.45, 7) is 0. The second-order valence-electron chi connectivity index (χ2n) is 3.27. The Morgan fingerprint density at radius 2 is 2.41 bits per heavy atom. The smallest absolute Gasteiger partial charge is 0.346 e. The van der Waals surface area contributed by atoms with Gasteiger partial charge in [0.2, 0.25) is 0 Å².